The molecular weight excluding hydrogens is 394 g/mol. The molecule has 1 fully saturated rings. The van der Waals surface area contributed by atoms with E-state index in [1.807, 2.05) is 32.2 Å². The van der Waals surface area contributed by atoms with Gasteiger partial charge in [-0.1, -0.05) is 50.2 Å². The van der Waals surface area contributed by atoms with Crippen LogP contribution in [0.3, 0.4) is 0 Å². The summed E-state index contributed by atoms with van der Waals surface area (Å²) in [6, 6.07) is 7.17. The number of aldehydes is 1. The van der Waals surface area contributed by atoms with Gasteiger partial charge < -0.3 is 5.11 Å². The number of aliphatic hydroxyl groups is 1. The average molecular weight is 422 g/mol. The minimum atomic E-state index is -0.547. The molecule has 0 saturated heterocycles. The third-order valence-electron chi connectivity index (χ3n) is 3.79. The first-order valence-electron chi connectivity index (χ1n) is 9.17. The number of hydrogen-bond donors (Lipinski definition) is 3. The normalized spacial score (nSPS) is 12.9. The maximum absolute atomic E-state index is 11.9. The fourth-order valence-corrected chi connectivity index (χ4v) is 3.39. The van der Waals surface area contributed by atoms with Gasteiger partial charge in [0.15, 0.2) is 11.4 Å². The number of aromatic nitrogens is 1. The van der Waals surface area contributed by atoms with Crippen LogP contribution in [-0.4, -0.2) is 40.4 Å². The highest BCUT2D eigenvalue weighted by Gasteiger charge is 2.14. The smallest absolute Gasteiger partial charge is 0.275 e. The van der Waals surface area contributed by atoms with E-state index in [2.05, 4.69) is 10.3 Å². The molecule has 0 atom stereocenters. The third-order valence-corrected chi connectivity index (χ3v) is 5.37. The lowest BCUT2D eigenvalue weighted by atomic mass is 10.1. The van der Waals surface area contributed by atoms with E-state index in [4.69, 9.17) is 10.5 Å². The standard InChI is InChI=1S/C13H11N3O2S2.C5H10O.C2H6/c1-19-9-4-2-8(3-5-9)11(14)12(18)16-13-15-6-10(7-17)20-13;6-5-3-1-2-4-5;1-2/h2-7,14H,1H3,(H,15,16,18);5-6H,1-4H2;1-2H3. The van der Waals surface area contributed by atoms with Crippen molar-refractivity contribution in [2.45, 2.75) is 50.5 Å². The topological polar surface area (TPSA) is 103 Å². The van der Waals surface area contributed by atoms with Gasteiger partial charge in [0.2, 0.25) is 0 Å². The van der Waals surface area contributed by atoms with E-state index in [-0.39, 0.29) is 11.8 Å². The molecular formula is C20H27N3O3S2. The summed E-state index contributed by atoms with van der Waals surface area (Å²) in [7, 11) is 0. The summed E-state index contributed by atoms with van der Waals surface area (Å²) in [5.74, 6) is -0.547. The number of benzene rings is 1. The van der Waals surface area contributed by atoms with Gasteiger partial charge in [-0.2, -0.15) is 0 Å². The molecule has 0 aliphatic heterocycles. The molecule has 0 unspecified atom stereocenters. The molecule has 1 heterocycles. The zero-order chi connectivity index (χ0) is 20.9. The van der Waals surface area contributed by atoms with Gasteiger partial charge in [-0.15, -0.1) is 11.8 Å². The zero-order valence-corrected chi connectivity index (χ0v) is 18.0. The van der Waals surface area contributed by atoms with Crippen molar-refractivity contribution in [1.29, 1.82) is 5.41 Å². The number of thioether (sulfide) groups is 1. The van der Waals surface area contributed by atoms with Gasteiger partial charge in [0, 0.05) is 10.5 Å². The largest absolute Gasteiger partial charge is 0.393 e. The summed E-state index contributed by atoms with van der Waals surface area (Å²) in [6.45, 7) is 4.00. The highest BCUT2D eigenvalue weighted by atomic mass is 32.2. The van der Waals surface area contributed by atoms with Crippen LogP contribution in [0.1, 0.15) is 54.8 Å². The summed E-state index contributed by atoms with van der Waals surface area (Å²) in [6.07, 6.45) is 8.61. The molecule has 1 aliphatic carbocycles. The Labute approximate surface area is 174 Å². The van der Waals surface area contributed by atoms with Gasteiger partial charge in [0.1, 0.15) is 5.71 Å². The van der Waals surface area contributed by atoms with E-state index in [0.717, 1.165) is 29.1 Å². The Balaban J connectivity index is 0.000000411. The van der Waals surface area contributed by atoms with Gasteiger partial charge in [-0.3, -0.25) is 20.3 Å². The average Bonchev–Trinajstić information content (AvgIpc) is 3.40. The van der Waals surface area contributed by atoms with Crippen LogP contribution < -0.4 is 5.32 Å². The number of amides is 1. The van der Waals surface area contributed by atoms with E-state index in [9.17, 15) is 9.59 Å². The zero-order valence-electron chi connectivity index (χ0n) is 16.4. The predicted molar refractivity (Wildman–Crippen MR) is 117 cm³/mol. The fourth-order valence-electron chi connectivity index (χ4n) is 2.35. The van der Waals surface area contributed by atoms with Crippen LogP contribution in [0, 0.1) is 5.41 Å². The quantitative estimate of drug-likeness (QED) is 0.371. The molecule has 3 N–H and O–H groups in total. The number of carbonyl (C=O) groups is 2. The molecule has 8 heteroatoms. The maximum Gasteiger partial charge on any atom is 0.275 e. The molecule has 1 aliphatic rings. The number of rotatable bonds is 5. The second-order valence-electron chi connectivity index (χ2n) is 5.68. The third kappa shape index (κ3) is 7.92. The number of nitrogens with one attached hydrogen (secondary N) is 2. The minimum Gasteiger partial charge on any atom is -0.393 e. The SMILES string of the molecule is CC.CSc1ccc(C(=N)C(=O)Nc2ncc(C=O)s2)cc1.OC1CCCC1. The van der Waals surface area contributed by atoms with Crippen LogP contribution in [0.4, 0.5) is 5.13 Å². The molecule has 152 valence electrons. The lowest BCUT2D eigenvalue weighted by molar-refractivity contribution is -0.110. The van der Waals surface area contributed by atoms with Crippen molar-refractivity contribution in [2.75, 3.05) is 11.6 Å². The first kappa shape index (κ1) is 24.0. The number of hydrogen-bond acceptors (Lipinski definition) is 7. The molecule has 0 radical (unpaired) electrons. The van der Waals surface area contributed by atoms with Crippen molar-refractivity contribution in [3.05, 3.63) is 40.9 Å². The second kappa shape index (κ2) is 13.2. The predicted octanol–water partition coefficient (Wildman–Crippen LogP) is 4.63. The lowest BCUT2D eigenvalue weighted by Gasteiger charge is -2.04. The van der Waals surface area contributed by atoms with Crippen molar-refractivity contribution < 1.29 is 14.7 Å². The maximum atomic E-state index is 11.9. The summed E-state index contributed by atoms with van der Waals surface area (Å²) in [4.78, 5) is 27.8. The summed E-state index contributed by atoms with van der Waals surface area (Å²) in [5.41, 5.74) is 0.396. The van der Waals surface area contributed by atoms with E-state index in [1.54, 1.807) is 23.9 Å². The Morgan fingerprint density at radius 2 is 1.89 bits per heavy atom. The molecule has 0 spiro atoms. The molecule has 3 rings (SSSR count). The highest BCUT2D eigenvalue weighted by Crippen LogP contribution is 2.18. The summed E-state index contributed by atoms with van der Waals surface area (Å²) >= 11 is 2.66. The summed E-state index contributed by atoms with van der Waals surface area (Å²) < 4.78 is 0. The van der Waals surface area contributed by atoms with E-state index >= 15 is 0 Å². The number of aliphatic hydroxyl groups excluding tert-OH is 1. The highest BCUT2D eigenvalue weighted by molar-refractivity contribution is 7.98. The van der Waals surface area contributed by atoms with Crippen LogP contribution in [0.5, 0.6) is 0 Å². The molecule has 0 bridgehead atoms. The van der Waals surface area contributed by atoms with Crippen molar-refractivity contribution in [3.63, 3.8) is 0 Å². The van der Waals surface area contributed by atoms with Crippen LogP contribution >= 0.6 is 23.1 Å². The first-order valence-corrected chi connectivity index (χ1v) is 11.2. The van der Waals surface area contributed by atoms with Gasteiger partial charge >= 0.3 is 0 Å². The Bertz CT molecular complexity index is 754. The second-order valence-corrected chi connectivity index (χ2v) is 7.62. The van der Waals surface area contributed by atoms with Crippen LogP contribution in [0.25, 0.3) is 0 Å². The molecule has 6 nitrogen and oxygen atoms in total. The number of anilines is 1. The monoisotopic (exact) mass is 421 g/mol. The Morgan fingerprint density at radius 1 is 1.29 bits per heavy atom. The van der Waals surface area contributed by atoms with E-state index in [1.165, 1.54) is 19.0 Å². The van der Waals surface area contributed by atoms with Crippen molar-refractivity contribution >= 4 is 46.1 Å². The Morgan fingerprint density at radius 3 is 2.32 bits per heavy atom. The fraction of sp³-hybridized carbons (Fsp3) is 0.400. The van der Waals surface area contributed by atoms with Gasteiger partial charge in [0.05, 0.1) is 17.2 Å². The number of thiazole rings is 1. The number of carbonyl (C=O) groups excluding carboxylic acids is 2. The Hall–Kier alpha value is -2.03. The van der Waals surface area contributed by atoms with Crippen molar-refractivity contribution in [2.24, 2.45) is 0 Å². The van der Waals surface area contributed by atoms with Crippen molar-refractivity contribution in [3.8, 4) is 0 Å². The van der Waals surface area contributed by atoms with E-state index < -0.39 is 5.91 Å². The van der Waals surface area contributed by atoms with Crippen LogP contribution in [0.2, 0.25) is 0 Å². The first-order chi connectivity index (χ1) is 13.5. The minimum absolute atomic E-state index is 0.0463. The molecule has 2 aromatic rings. The van der Waals surface area contributed by atoms with Crippen LogP contribution in [-0.2, 0) is 4.79 Å². The molecule has 1 amide bonds. The summed E-state index contributed by atoms with van der Waals surface area (Å²) in [5, 5.41) is 19.4. The molecule has 1 saturated carbocycles. The van der Waals surface area contributed by atoms with Crippen LogP contribution in [0.15, 0.2) is 35.4 Å². The van der Waals surface area contributed by atoms with E-state index in [0.29, 0.717) is 21.9 Å². The lowest BCUT2D eigenvalue weighted by Crippen LogP contribution is -2.22. The molecule has 1 aromatic heterocycles. The van der Waals surface area contributed by atoms with Gasteiger partial charge in [-0.05, 0) is 31.2 Å². The molecule has 28 heavy (non-hydrogen) atoms. The Kier molecular flexibility index (Phi) is 11.3. The number of nitrogens with zero attached hydrogens (tertiary/aromatic N) is 1. The van der Waals surface area contributed by atoms with Crippen molar-refractivity contribution in [1.82, 2.24) is 4.98 Å². The molecule has 1 aromatic carbocycles. The van der Waals surface area contributed by atoms with Gasteiger partial charge in [-0.25, -0.2) is 4.98 Å². The van der Waals surface area contributed by atoms with Gasteiger partial charge in [0.25, 0.3) is 5.91 Å².